The van der Waals surface area contributed by atoms with Crippen molar-refractivity contribution < 1.29 is 58.0 Å². The van der Waals surface area contributed by atoms with Gasteiger partial charge in [0, 0.05) is 11.8 Å². The van der Waals surface area contributed by atoms with Crippen LogP contribution >= 0.6 is 15.8 Å². The van der Waals surface area contributed by atoms with Crippen LogP contribution in [0.2, 0.25) is 0 Å². The zero-order chi connectivity index (χ0) is 28.4. The maximum Gasteiger partial charge on any atom is 0.475 e. The average Bonchev–Trinajstić information content (AvgIpc) is 3.15. The Bertz CT molecular complexity index is 1390. The number of benzene rings is 2. The van der Waals surface area contributed by atoms with Crippen LogP contribution in [-0.2, 0) is 18.3 Å². The first-order valence-electron chi connectivity index (χ1n) is 11.2. The minimum absolute atomic E-state index is 0.139. The molecule has 3 aromatic rings. The van der Waals surface area contributed by atoms with E-state index in [1.54, 1.807) is 30.3 Å². The first-order valence-corrected chi connectivity index (χ1v) is 14.3. The lowest BCUT2D eigenvalue weighted by atomic mass is 10.1. The molecule has 210 valence electrons. The van der Waals surface area contributed by atoms with Crippen LogP contribution in [0.3, 0.4) is 0 Å². The van der Waals surface area contributed by atoms with Crippen LogP contribution in [0.4, 0.5) is 0 Å². The molecule has 0 aliphatic carbocycles. The highest BCUT2D eigenvalue weighted by atomic mass is 31.2. The third kappa shape index (κ3) is 7.25. The molecule has 4 rings (SSSR count). The van der Waals surface area contributed by atoms with Crippen molar-refractivity contribution in [2.45, 2.75) is 30.4 Å². The van der Waals surface area contributed by atoms with Gasteiger partial charge in [-0.1, -0.05) is 30.3 Å². The van der Waals surface area contributed by atoms with Gasteiger partial charge in [-0.2, -0.15) is 0 Å². The van der Waals surface area contributed by atoms with Crippen LogP contribution in [-0.4, -0.2) is 54.5 Å². The Labute approximate surface area is 221 Å². The van der Waals surface area contributed by atoms with E-state index >= 15 is 0 Å². The number of ether oxygens (including phenoxy) is 2. The fraction of sp³-hybridized carbons (Fsp3) is 0.273. The minimum Gasteiger partial charge on any atom is -0.846 e. The molecule has 0 saturated carbocycles. The Morgan fingerprint density at radius 3 is 2.46 bits per heavy atom. The lowest BCUT2D eigenvalue weighted by Gasteiger charge is -2.36. The molecule has 1 saturated heterocycles. The fourth-order valence-electron chi connectivity index (χ4n) is 3.69. The van der Waals surface area contributed by atoms with Crippen LogP contribution in [0.25, 0.3) is 0 Å². The Hall–Kier alpha value is -2.78. The molecule has 0 radical (unpaired) electrons. The van der Waals surface area contributed by atoms with Gasteiger partial charge in [-0.3, -0.25) is 14.8 Å². The minimum atomic E-state index is -5.45. The zero-order valence-electron chi connectivity index (χ0n) is 19.8. The number of rotatable bonds is 10. The summed E-state index contributed by atoms with van der Waals surface area (Å²) in [5.74, 6) is -1.78. The maximum absolute atomic E-state index is 12.6. The molecule has 17 heteroatoms. The van der Waals surface area contributed by atoms with Gasteiger partial charge in [0.25, 0.3) is 0 Å². The number of aliphatic hydroxyl groups is 2. The first-order chi connectivity index (χ1) is 18.3. The Balaban J connectivity index is 1.45. The predicted octanol–water partition coefficient (Wildman–Crippen LogP) is -0.844. The average molecular weight is 583 g/mol. The first kappa shape index (κ1) is 29.2. The molecule has 2 aromatic carbocycles. The Morgan fingerprint density at radius 1 is 1.10 bits per heavy atom. The van der Waals surface area contributed by atoms with E-state index in [1.165, 1.54) is 24.3 Å². The number of aromatic nitrogens is 2. The van der Waals surface area contributed by atoms with Gasteiger partial charge in [0.2, 0.25) is 5.85 Å². The van der Waals surface area contributed by atoms with Crippen LogP contribution in [0.1, 0.15) is 17.6 Å². The third-order valence-corrected chi connectivity index (χ3v) is 7.61. The molecular weight excluding hydrogens is 560 g/mol. The summed E-state index contributed by atoms with van der Waals surface area (Å²) in [6.07, 6.45) is -5.22. The lowest BCUT2D eigenvalue weighted by Crippen LogP contribution is -2.34. The topological polar surface area (TPSA) is 246 Å². The molecule has 1 aromatic heterocycles. The molecule has 0 bridgehead atoms. The molecule has 1 aliphatic heterocycles. The summed E-state index contributed by atoms with van der Waals surface area (Å²) in [4.78, 5) is 47.5. The van der Waals surface area contributed by atoms with Gasteiger partial charge in [-0.15, -0.1) is 0 Å². The van der Waals surface area contributed by atoms with Crippen molar-refractivity contribution in [3.8, 4) is 17.5 Å². The summed E-state index contributed by atoms with van der Waals surface area (Å²) in [6.45, 7) is -0.889. The molecule has 1 aliphatic rings. The van der Waals surface area contributed by atoms with Crippen LogP contribution in [0.5, 0.6) is 17.5 Å². The van der Waals surface area contributed by atoms with Gasteiger partial charge in [0.15, 0.2) is 6.23 Å². The van der Waals surface area contributed by atoms with Crippen molar-refractivity contribution in [2.75, 3.05) is 6.61 Å². The van der Waals surface area contributed by atoms with Crippen molar-refractivity contribution >= 4 is 15.8 Å². The maximum atomic E-state index is 12.6. The van der Waals surface area contributed by atoms with E-state index in [-0.39, 0.29) is 16.8 Å². The fourth-order valence-corrected chi connectivity index (χ4v) is 5.83. The molecule has 2 heterocycles. The van der Waals surface area contributed by atoms with Crippen molar-refractivity contribution in [1.29, 1.82) is 5.41 Å². The van der Waals surface area contributed by atoms with E-state index < -0.39 is 58.8 Å². The van der Waals surface area contributed by atoms with E-state index in [0.29, 0.717) is 5.75 Å². The number of nitrogens with zero attached hydrogens (tertiary/aromatic N) is 2. The zero-order valence-corrected chi connectivity index (χ0v) is 21.6. The van der Waals surface area contributed by atoms with Gasteiger partial charge in [-0.25, -0.2) is 14.1 Å². The molecule has 2 unspecified atom stereocenters. The van der Waals surface area contributed by atoms with E-state index in [4.69, 9.17) is 23.9 Å². The molecule has 6 atom stereocenters. The molecule has 39 heavy (non-hydrogen) atoms. The van der Waals surface area contributed by atoms with E-state index in [2.05, 4.69) is 4.98 Å². The van der Waals surface area contributed by atoms with E-state index in [9.17, 15) is 39.5 Å². The second-order valence-corrected chi connectivity index (χ2v) is 11.3. The summed E-state index contributed by atoms with van der Waals surface area (Å²) in [7, 11) is -10.7. The quantitative estimate of drug-likeness (QED) is 0.183. The molecular formula is C22H23N3O12P2-2. The van der Waals surface area contributed by atoms with Gasteiger partial charge < -0.3 is 44.0 Å². The van der Waals surface area contributed by atoms with Crippen LogP contribution in [0.15, 0.2) is 66.9 Å². The van der Waals surface area contributed by atoms with Crippen molar-refractivity contribution in [1.82, 2.24) is 9.55 Å². The number of nitrogens with one attached hydrogen (secondary N) is 1. The summed E-state index contributed by atoms with van der Waals surface area (Å²) in [5.41, 5.74) is -0.590. The summed E-state index contributed by atoms with van der Waals surface area (Å²) in [5, 5.41) is 39.9. The van der Waals surface area contributed by atoms with Gasteiger partial charge in [-0.05, 0) is 30.3 Å². The van der Waals surface area contributed by atoms with Crippen molar-refractivity contribution in [2.24, 2.45) is 0 Å². The molecule has 15 nitrogen and oxygen atoms in total. The smallest absolute Gasteiger partial charge is 0.475 e. The number of para-hydroxylation sites is 1. The normalized spacial score (nSPS) is 23.7. The van der Waals surface area contributed by atoms with Crippen molar-refractivity contribution in [3.63, 3.8) is 0 Å². The second kappa shape index (κ2) is 11.8. The Morgan fingerprint density at radius 2 is 1.79 bits per heavy atom. The summed E-state index contributed by atoms with van der Waals surface area (Å²) >= 11 is 0. The highest BCUT2D eigenvalue weighted by molar-refractivity contribution is 7.57. The van der Waals surface area contributed by atoms with E-state index in [0.717, 1.165) is 16.8 Å². The molecule has 0 amide bonds. The van der Waals surface area contributed by atoms with Gasteiger partial charge >= 0.3 is 7.82 Å². The monoisotopic (exact) mass is 583 g/mol. The number of phosphoric acid groups is 1. The lowest BCUT2D eigenvalue weighted by molar-refractivity contribution is -0.340. The molecule has 1 fully saturated rings. The standard InChI is InChI=1S/C22H25N3O12P2/c23-17-9-10-25(22(28)24-17)20-19(27)18(26)16(36-20)12-34-39(32,33)37-21(38(29,30)31)13-5-4-8-15(11-13)35-14-6-2-1-3-7-14/h1-11,16,18-21,26-27H,12H2,(H,32,33)(H2,23,24,28)(H2,29,30,31)/p-2/t16-,18-,19-,20-,21?/m1/s1. The third-order valence-electron chi connectivity index (χ3n) is 5.49. The van der Waals surface area contributed by atoms with Gasteiger partial charge in [0.05, 0.1) is 20.6 Å². The molecule has 0 spiro atoms. The SMILES string of the molecule is N=c1ccn([C@@H]2O[C@H](COP(=O)(O)OC(c3cccc(Oc4ccccc4)c3)[P+]([O-])([O-])O)[C@@H](O)[C@H]2O)c([O-])n1. The number of hydrogen-bond donors (Lipinski definition) is 5. The highest BCUT2D eigenvalue weighted by Gasteiger charge is 2.45. The van der Waals surface area contributed by atoms with E-state index in [1.807, 2.05) is 0 Å². The number of phosphoric ester groups is 1. The van der Waals surface area contributed by atoms with Crippen molar-refractivity contribution in [3.05, 3.63) is 77.9 Å². The number of hydrogen-bond acceptors (Lipinski definition) is 13. The number of aliphatic hydroxyl groups excluding tert-OH is 2. The Kier molecular flexibility index (Phi) is 8.81. The van der Waals surface area contributed by atoms with Crippen LogP contribution in [0, 0.1) is 5.41 Å². The summed E-state index contributed by atoms with van der Waals surface area (Å²) in [6, 6.07) is 13.9. The molecule has 5 N–H and O–H groups in total. The van der Waals surface area contributed by atoms with Gasteiger partial charge in [0.1, 0.15) is 35.3 Å². The largest absolute Gasteiger partial charge is 0.846 e. The summed E-state index contributed by atoms with van der Waals surface area (Å²) < 4.78 is 34.0. The second-order valence-electron chi connectivity index (χ2n) is 8.32. The highest BCUT2D eigenvalue weighted by Crippen LogP contribution is 2.61. The van der Waals surface area contributed by atoms with Crippen LogP contribution < -0.4 is 25.1 Å². The predicted molar refractivity (Wildman–Crippen MR) is 125 cm³/mol.